The van der Waals surface area contributed by atoms with Gasteiger partial charge >= 0.3 is 0 Å². The summed E-state index contributed by atoms with van der Waals surface area (Å²) in [6.07, 6.45) is 8.83. The lowest BCUT2D eigenvalue weighted by molar-refractivity contribution is -0.138. The molecule has 3 aromatic rings. The molecule has 0 amide bonds. The largest absolute Gasteiger partial charge is 0.504 e. The van der Waals surface area contributed by atoms with E-state index in [0.717, 1.165) is 42.5 Å². The van der Waals surface area contributed by atoms with Crippen molar-refractivity contribution in [1.29, 1.82) is 0 Å². The first kappa shape index (κ1) is 32.2. The molecule has 3 atom stereocenters. The molecule has 1 aliphatic carbocycles. The number of unbranched alkanes of at least 4 members (excludes halogenated alkanes) is 4. The summed E-state index contributed by atoms with van der Waals surface area (Å²) in [5.41, 5.74) is 9.61. The van der Waals surface area contributed by atoms with Crippen molar-refractivity contribution in [3.05, 3.63) is 70.7 Å². The van der Waals surface area contributed by atoms with Gasteiger partial charge in [0.05, 0.1) is 7.11 Å². The molecule has 2 aromatic heterocycles. The second-order valence-electron chi connectivity index (χ2n) is 11.8. The van der Waals surface area contributed by atoms with E-state index in [1.807, 2.05) is 30.5 Å². The number of aromatic amines is 1. The maximum Gasteiger partial charge on any atom is 0.170 e. The standard InChI is InChI=1S/C34H45N3O6/c1-3-4-5-6-7-10-27(39)32(42)28(40)12-11-22-18-26(31(41)29(19-22)43-2)30-24-14-17-37-33(35)25(24)13-15-34(30,21-38)20-23-9-8-16-36-23/h8-9,14,16-19,30,32,36,38,41-42H,3-7,10-13,15,20-21H2,1-2H3,(H2,35,37)/t30-,32-,34-/m0/s1. The highest BCUT2D eigenvalue weighted by Gasteiger charge is 2.46. The van der Waals surface area contributed by atoms with E-state index in [4.69, 9.17) is 10.5 Å². The molecule has 0 bridgehead atoms. The third-order valence-corrected chi connectivity index (χ3v) is 8.93. The van der Waals surface area contributed by atoms with Crippen LogP contribution in [-0.4, -0.2) is 56.7 Å². The smallest absolute Gasteiger partial charge is 0.170 e. The minimum absolute atomic E-state index is 0.0398. The Bertz CT molecular complexity index is 1390. The number of nitrogen functional groups attached to an aromatic ring is 1. The summed E-state index contributed by atoms with van der Waals surface area (Å²) in [6.45, 7) is 1.98. The predicted octanol–water partition coefficient (Wildman–Crippen LogP) is 4.80. The second kappa shape index (κ2) is 14.7. The van der Waals surface area contributed by atoms with E-state index in [1.54, 1.807) is 12.3 Å². The highest BCUT2D eigenvalue weighted by Crippen LogP contribution is 2.54. The van der Waals surface area contributed by atoms with Crippen LogP contribution in [0.5, 0.6) is 11.5 Å². The topological polar surface area (TPSA) is 159 Å². The minimum Gasteiger partial charge on any atom is -0.504 e. The number of nitrogens with two attached hydrogens (primary N) is 1. The van der Waals surface area contributed by atoms with E-state index < -0.39 is 29.0 Å². The molecule has 0 saturated heterocycles. The lowest BCUT2D eigenvalue weighted by Gasteiger charge is -2.45. The summed E-state index contributed by atoms with van der Waals surface area (Å²) in [6, 6.07) is 9.29. The number of carbonyl (C=O) groups is 2. The number of hydrogen-bond acceptors (Lipinski definition) is 8. The van der Waals surface area contributed by atoms with Crippen molar-refractivity contribution in [1.82, 2.24) is 9.97 Å². The summed E-state index contributed by atoms with van der Waals surface area (Å²) >= 11 is 0. The summed E-state index contributed by atoms with van der Waals surface area (Å²) in [5.74, 6) is -0.804. The number of benzene rings is 1. The molecule has 43 heavy (non-hydrogen) atoms. The molecular weight excluding hydrogens is 546 g/mol. The number of nitrogens with one attached hydrogen (secondary N) is 1. The molecule has 9 nitrogen and oxygen atoms in total. The average molecular weight is 592 g/mol. The maximum absolute atomic E-state index is 12.8. The van der Waals surface area contributed by atoms with Gasteiger partial charge in [0.25, 0.3) is 0 Å². The van der Waals surface area contributed by atoms with Crippen molar-refractivity contribution in [2.24, 2.45) is 5.41 Å². The van der Waals surface area contributed by atoms with Crippen LogP contribution in [0.25, 0.3) is 0 Å². The van der Waals surface area contributed by atoms with Crippen molar-refractivity contribution >= 4 is 17.4 Å². The summed E-state index contributed by atoms with van der Waals surface area (Å²) < 4.78 is 5.56. The van der Waals surface area contributed by atoms with Crippen LogP contribution < -0.4 is 10.5 Å². The Balaban J connectivity index is 1.63. The zero-order chi connectivity index (χ0) is 31.0. The third-order valence-electron chi connectivity index (χ3n) is 8.93. The van der Waals surface area contributed by atoms with Crippen LogP contribution in [0, 0.1) is 5.41 Å². The van der Waals surface area contributed by atoms with Crippen molar-refractivity contribution in [2.75, 3.05) is 19.5 Å². The number of aromatic nitrogens is 2. The molecule has 0 unspecified atom stereocenters. The number of methoxy groups -OCH3 is 1. The molecule has 0 spiro atoms. The van der Waals surface area contributed by atoms with Gasteiger partial charge in [-0.3, -0.25) is 9.59 Å². The van der Waals surface area contributed by atoms with Gasteiger partial charge in [0, 0.05) is 54.4 Å². The van der Waals surface area contributed by atoms with Crippen molar-refractivity contribution in [2.45, 2.75) is 89.6 Å². The quantitative estimate of drug-likeness (QED) is 0.117. The first-order chi connectivity index (χ1) is 20.7. The predicted molar refractivity (Wildman–Crippen MR) is 165 cm³/mol. The number of anilines is 1. The first-order valence-corrected chi connectivity index (χ1v) is 15.3. The van der Waals surface area contributed by atoms with Crippen molar-refractivity contribution < 1.29 is 29.6 Å². The Kier molecular flexibility index (Phi) is 11.0. The van der Waals surface area contributed by atoms with E-state index in [-0.39, 0.29) is 37.4 Å². The van der Waals surface area contributed by atoms with Crippen LogP contribution in [-0.2, 0) is 28.9 Å². The number of aliphatic hydroxyl groups excluding tert-OH is 2. The Labute approximate surface area is 253 Å². The maximum atomic E-state index is 12.8. The number of Topliss-reactive ketones (excluding diaryl/α,β-unsaturated/α-hetero) is 2. The fourth-order valence-electron chi connectivity index (χ4n) is 6.52. The number of hydrogen-bond donors (Lipinski definition) is 5. The van der Waals surface area contributed by atoms with Gasteiger partial charge in [-0.25, -0.2) is 4.98 Å². The number of aliphatic hydroxyl groups is 2. The van der Waals surface area contributed by atoms with Crippen molar-refractivity contribution in [3.8, 4) is 11.5 Å². The van der Waals surface area contributed by atoms with Gasteiger partial charge in [-0.1, -0.05) is 38.7 Å². The van der Waals surface area contributed by atoms with Crippen LogP contribution >= 0.6 is 0 Å². The van der Waals surface area contributed by atoms with Gasteiger partial charge < -0.3 is 30.8 Å². The zero-order valence-electron chi connectivity index (χ0n) is 25.3. The van der Waals surface area contributed by atoms with Gasteiger partial charge in [0.2, 0.25) is 0 Å². The molecule has 2 heterocycles. The SMILES string of the molecule is CCCCCCCC(=O)[C@H](O)C(=O)CCc1cc(OC)c(O)c([C@@H]2c3ccnc(N)c3CC[C@@]2(CO)Cc2ccc[nH]2)c1. The van der Waals surface area contributed by atoms with Gasteiger partial charge in [-0.15, -0.1) is 0 Å². The van der Waals surface area contributed by atoms with E-state index >= 15 is 0 Å². The average Bonchev–Trinajstić information content (AvgIpc) is 3.52. The van der Waals surface area contributed by atoms with Gasteiger partial charge in [0.15, 0.2) is 29.2 Å². The minimum atomic E-state index is -1.63. The normalized spacial score (nSPS) is 18.7. The second-order valence-corrected chi connectivity index (χ2v) is 11.8. The highest BCUT2D eigenvalue weighted by molar-refractivity contribution is 6.05. The summed E-state index contributed by atoms with van der Waals surface area (Å²) in [5, 5.41) is 32.9. The van der Waals surface area contributed by atoms with Gasteiger partial charge in [-0.05, 0) is 73.1 Å². The molecule has 0 saturated carbocycles. The number of phenols is 1. The lowest BCUT2D eigenvalue weighted by atomic mass is 9.60. The molecule has 0 radical (unpaired) electrons. The molecule has 0 fully saturated rings. The van der Waals surface area contributed by atoms with E-state index in [9.17, 15) is 24.9 Å². The lowest BCUT2D eigenvalue weighted by Crippen LogP contribution is -2.40. The van der Waals surface area contributed by atoms with Gasteiger partial charge in [0.1, 0.15) is 5.82 Å². The van der Waals surface area contributed by atoms with Crippen LogP contribution in [0.4, 0.5) is 5.82 Å². The molecule has 6 N–H and O–H groups in total. The fraction of sp³-hybridized carbons (Fsp3) is 0.500. The number of aryl methyl sites for hydroxylation is 1. The number of ether oxygens (including phenoxy) is 1. The highest BCUT2D eigenvalue weighted by atomic mass is 16.5. The summed E-state index contributed by atoms with van der Waals surface area (Å²) in [7, 11) is 1.46. The van der Waals surface area contributed by atoms with Crippen LogP contribution in [0.2, 0.25) is 0 Å². The number of fused-ring (bicyclic) bond motifs is 1. The van der Waals surface area contributed by atoms with E-state index in [1.165, 1.54) is 7.11 Å². The van der Waals surface area contributed by atoms with Crippen LogP contribution in [0.1, 0.15) is 92.2 Å². The Morgan fingerprint density at radius 2 is 1.91 bits per heavy atom. The van der Waals surface area contributed by atoms with Crippen LogP contribution in [0.3, 0.4) is 0 Å². The molecular formula is C34H45N3O6. The number of aromatic hydroxyl groups is 1. The molecule has 4 rings (SSSR count). The Hall–Kier alpha value is -3.69. The number of carbonyl (C=O) groups excluding carboxylic acids is 2. The third kappa shape index (κ3) is 7.28. The molecule has 232 valence electrons. The fourth-order valence-corrected chi connectivity index (χ4v) is 6.52. The zero-order valence-corrected chi connectivity index (χ0v) is 25.3. The first-order valence-electron chi connectivity index (χ1n) is 15.3. The number of H-pyrrole nitrogens is 1. The molecule has 0 aliphatic heterocycles. The van der Waals surface area contributed by atoms with Crippen LogP contribution in [0.15, 0.2) is 42.7 Å². The Morgan fingerprint density at radius 3 is 2.60 bits per heavy atom. The molecule has 9 heteroatoms. The molecule has 1 aromatic carbocycles. The number of phenolic OH excluding ortho intramolecular Hbond substituents is 1. The summed E-state index contributed by atoms with van der Waals surface area (Å²) in [4.78, 5) is 32.8. The monoisotopic (exact) mass is 591 g/mol. The van der Waals surface area contributed by atoms with Crippen molar-refractivity contribution in [3.63, 3.8) is 0 Å². The number of pyridine rings is 1. The number of ketones is 2. The Morgan fingerprint density at radius 1 is 1.14 bits per heavy atom. The van der Waals surface area contributed by atoms with Gasteiger partial charge in [-0.2, -0.15) is 0 Å². The molecule has 1 aliphatic rings. The van der Waals surface area contributed by atoms with E-state index in [0.29, 0.717) is 42.6 Å². The van der Waals surface area contributed by atoms with E-state index in [2.05, 4.69) is 16.9 Å². The number of rotatable bonds is 16. The number of nitrogens with zero attached hydrogens (tertiary/aromatic N) is 1.